The molecule has 0 aliphatic heterocycles. The summed E-state index contributed by atoms with van der Waals surface area (Å²) >= 11 is 6.24. The molecule has 0 saturated carbocycles. The Balaban J connectivity index is 2.01. The van der Waals surface area contributed by atoms with Gasteiger partial charge in [-0.1, -0.05) is 41.9 Å². The van der Waals surface area contributed by atoms with Gasteiger partial charge in [-0.15, -0.1) is 0 Å². The number of hydrogen-bond donors (Lipinski definition) is 1. The van der Waals surface area contributed by atoms with Gasteiger partial charge in [-0.25, -0.2) is 0 Å². The van der Waals surface area contributed by atoms with Crippen LogP contribution in [0.1, 0.15) is 11.1 Å². The van der Waals surface area contributed by atoms with Gasteiger partial charge in [-0.3, -0.25) is 0 Å². The standard InChI is InChI=1S/C17H17ClN2/c18-16-6-2-1-4-14(16)12-20-11-9-15-13(8-10-19)5-3-7-17(15)20/h1-7,9,11H,8,10,12,19H2. The maximum absolute atomic E-state index is 6.24. The van der Waals surface area contributed by atoms with Crippen molar-refractivity contribution in [1.29, 1.82) is 0 Å². The van der Waals surface area contributed by atoms with Gasteiger partial charge in [-0.2, -0.15) is 0 Å². The molecule has 3 rings (SSSR count). The zero-order valence-corrected chi connectivity index (χ0v) is 12.0. The first-order chi connectivity index (χ1) is 9.79. The number of rotatable bonds is 4. The summed E-state index contributed by atoms with van der Waals surface area (Å²) in [6, 6.07) is 16.5. The third kappa shape index (κ3) is 2.45. The lowest BCUT2D eigenvalue weighted by Crippen LogP contribution is -2.03. The van der Waals surface area contributed by atoms with Crippen LogP contribution in [0.2, 0.25) is 5.02 Å². The van der Waals surface area contributed by atoms with Crippen molar-refractivity contribution < 1.29 is 0 Å². The maximum atomic E-state index is 6.24. The topological polar surface area (TPSA) is 30.9 Å². The third-order valence-corrected chi connectivity index (χ3v) is 3.98. The summed E-state index contributed by atoms with van der Waals surface area (Å²) in [4.78, 5) is 0. The van der Waals surface area contributed by atoms with Gasteiger partial charge < -0.3 is 10.3 Å². The highest BCUT2D eigenvalue weighted by atomic mass is 35.5. The van der Waals surface area contributed by atoms with E-state index >= 15 is 0 Å². The molecule has 1 heterocycles. The van der Waals surface area contributed by atoms with Gasteiger partial charge in [0.1, 0.15) is 0 Å². The minimum Gasteiger partial charge on any atom is -0.343 e. The summed E-state index contributed by atoms with van der Waals surface area (Å²) in [7, 11) is 0. The summed E-state index contributed by atoms with van der Waals surface area (Å²) in [5, 5.41) is 2.09. The van der Waals surface area contributed by atoms with E-state index in [1.54, 1.807) is 0 Å². The second kappa shape index (κ2) is 5.70. The highest BCUT2D eigenvalue weighted by Crippen LogP contribution is 2.23. The molecule has 2 aromatic carbocycles. The third-order valence-electron chi connectivity index (χ3n) is 3.62. The Morgan fingerprint density at radius 3 is 2.55 bits per heavy atom. The quantitative estimate of drug-likeness (QED) is 0.775. The van der Waals surface area contributed by atoms with E-state index in [1.807, 2.05) is 18.2 Å². The van der Waals surface area contributed by atoms with Crippen molar-refractivity contribution in [3.63, 3.8) is 0 Å². The Kier molecular flexibility index (Phi) is 3.77. The van der Waals surface area contributed by atoms with Gasteiger partial charge in [0.15, 0.2) is 0 Å². The number of aromatic nitrogens is 1. The van der Waals surface area contributed by atoms with E-state index in [2.05, 4.69) is 41.1 Å². The van der Waals surface area contributed by atoms with Crippen molar-refractivity contribution >= 4 is 22.5 Å². The van der Waals surface area contributed by atoms with Gasteiger partial charge in [0.2, 0.25) is 0 Å². The van der Waals surface area contributed by atoms with Crippen LogP contribution < -0.4 is 5.73 Å². The lowest BCUT2D eigenvalue weighted by Gasteiger charge is -2.08. The highest BCUT2D eigenvalue weighted by molar-refractivity contribution is 6.31. The molecule has 0 aliphatic carbocycles. The lowest BCUT2D eigenvalue weighted by atomic mass is 10.1. The predicted octanol–water partition coefficient (Wildman–Crippen LogP) is 3.84. The Morgan fingerprint density at radius 1 is 0.950 bits per heavy atom. The van der Waals surface area contributed by atoms with Crippen LogP contribution >= 0.6 is 11.6 Å². The van der Waals surface area contributed by atoms with E-state index in [0.717, 1.165) is 23.6 Å². The number of fused-ring (bicyclic) bond motifs is 1. The molecule has 2 N–H and O–H groups in total. The SMILES string of the molecule is NCCc1cccc2c1ccn2Cc1ccccc1Cl. The van der Waals surface area contributed by atoms with Gasteiger partial charge in [0.05, 0.1) is 0 Å². The summed E-state index contributed by atoms with van der Waals surface area (Å²) in [5.41, 5.74) is 9.35. The summed E-state index contributed by atoms with van der Waals surface area (Å²) in [6.45, 7) is 1.46. The Hall–Kier alpha value is -1.77. The minimum atomic E-state index is 0.675. The molecule has 1 aromatic heterocycles. The van der Waals surface area contributed by atoms with Crippen LogP contribution in [-0.2, 0) is 13.0 Å². The van der Waals surface area contributed by atoms with Crippen LogP contribution in [0.15, 0.2) is 54.7 Å². The van der Waals surface area contributed by atoms with Gasteiger partial charge in [0, 0.05) is 28.7 Å². The number of nitrogens with two attached hydrogens (primary N) is 1. The second-order valence-electron chi connectivity index (χ2n) is 4.92. The van der Waals surface area contributed by atoms with Gasteiger partial charge >= 0.3 is 0 Å². The van der Waals surface area contributed by atoms with Crippen molar-refractivity contribution in [1.82, 2.24) is 4.57 Å². The zero-order valence-electron chi connectivity index (χ0n) is 11.2. The summed E-state index contributed by atoms with van der Waals surface area (Å²) < 4.78 is 2.23. The molecule has 102 valence electrons. The Morgan fingerprint density at radius 2 is 1.75 bits per heavy atom. The van der Waals surface area contributed by atoms with E-state index in [-0.39, 0.29) is 0 Å². The van der Waals surface area contributed by atoms with Gasteiger partial charge in [-0.05, 0) is 42.3 Å². The molecule has 0 amide bonds. The van der Waals surface area contributed by atoms with Crippen molar-refractivity contribution in [2.75, 3.05) is 6.54 Å². The molecule has 0 aliphatic rings. The molecule has 0 radical (unpaired) electrons. The zero-order chi connectivity index (χ0) is 13.9. The maximum Gasteiger partial charge on any atom is 0.0490 e. The molecule has 3 heteroatoms. The molecule has 0 atom stereocenters. The van der Waals surface area contributed by atoms with Crippen molar-refractivity contribution in [3.8, 4) is 0 Å². The fourth-order valence-electron chi connectivity index (χ4n) is 2.61. The van der Waals surface area contributed by atoms with Crippen LogP contribution in [0.3, 0.4) is 0 Å². The molecule has 0 fully saturated rings. The smallest absolute Gasteiger partial charge is 0.0490 e. The average molecular weight is 285 g/mol. The molecule has 0 bridgehead atoms. The lowest BCUT2D eigenvalue weighted by molar-refractivity contribution is 0.837. The molecular weight excluding hydrogens is 268 g/mol. The number of nitrogens with zero attached hydrogens (tertiary/aromatic N) is 1. The van der Waals surface area contributed by atoms with E-state index in [0.29, 0.717) is 6.54 Å². The second-order valence-corrected chi connectivity index (χ2v) is 5.33. The largest absolute Gasteiger partial charge is 0.343 e. The molecule has 3 aromatic rings. The van der Waals surface area contributed by atoms with Crippen LogP contribution in [0.4, 0.5) is 0 Å². The minimum absolute atomic E-state index is 0.675. The number of hydrogen-bond acceptors (Lipinski definition) is 1. The fraction of sp³-hybridized carbons (Fsp3) is 0.176. The molecule has 20 heavy (non-hydrogen) atoms. The summed E-state index contributed by atoms with van der Waals surface area (Å²) in [6.07, 6.45) is 3.03. The fourth-order valence-corrected chi connectivity index (χ4v) is 2.80. The van der Waals surface area contributed by atoms with E-state index in [9.17, 15) is 0 Å². The number of halogens is 1. The molecule has 0 saturated heterocycles. The Bertz CT molecular complexity index is 731. The Labute approximate surface area is 123 Å². The first kappa shape index (κ1) is 13.2. The van der Waals surface area contributed by atoms with E-state index < -0.39 is 0 Å². The normalized spacial score (nSPS) is 11.1. The number of benzene rings is 2. The molecule has 0 spiro atoms. The van der Waals surface area contributed by atoms with Gasteiger partial charge in [0.25, 0.3) is 0 Å². The molecule has 0 unspecified atom stereocenters. The molecule has 2 nitrogen and oxygen atoms in total. The van der Waals surface area contributed by atoms with Crippen LogP contribution in [0, 0.1) is 0 Å². The van der Waals surface area contributed by atoms with Crippen LogP contribution in [0.25, 0.3) is 10.9 Å². The van der Waals surface area contributed by atoms with Crippen molar-refractivity contribution in [3.05, 3.63) is 70.9 Å². The van der Waals surface area contributed by atoms with Crippen LogP contribution in [-0.4, -0.2) is 11.1 Å². The first-order valence-corrected chi connectivity index (χ1v) is 7.17. The predicted molar refractivity (Wildman–Crippen MR) is 85.3 cm³/mol. The molecular formula is C17H17ClN2. The van der Waals surface area contributed by atoms with Crippen LogP contribution in [0.5, 0.6) is 0 Å². The summed E-state index contributed by atoms with van der Waals surface area (Å²) in [5.74, 6) is 0. The average Bonchev–Trinajstić information content (AvgIpc) is 2.86. The van der Waals surface area contributed by atoms with Crippen molar-refractivity contribution in [2.45, 2.75) is 13.0 Å². The van der Waals surface area contributed by atoms with E-state index in [4.69, 9.17) is 17.3 Å². The van der Waals surface area contributed by atoms with E-state index in [1.165, 1.54) is 16.5 Å². The highest BCUT2D eigenvalue weighted by Gasteiger charge is 2.07. The van der Waals surface area contributed by atoms with Crippen molar-refractivity contribution in [2.24, 2.45) is 5.73 Å². The monoisotopic (exact) mass is 284 g/mol. The first-order valence-electron chi connectivity index (χ1n) is 6.80.